The van der Waals surface area contributed by atoms with Crippen molar-refractivity contribution in [2.45, 2.75) is 13.3 Å². The Hall–Kier alpha value is -1.62. The molecule has 2 rings (SSSR count). The van der Waals surface area contributed by atoms with Crippen LogP contribution in [0.5, 0.6) is 5.75 Å². The van der Waals surface area contributed by atoms with Gasteiger partial charge in [-0.1, -0.05) is 6.92 Å². The molecule has 1 aliphatic rings. The minimum Gasteiger partial charge on any atom is -0.508 e. The fraction of sp³-hybridized carbons (Fsp3) is 0.500. The molecule has 0 aromatic heterocycles. The summed E-state index contributed by atoms with van der Waals surface area (Å²) in [5.74, 6) is -0.780. The number of nitrogens with zero attached hydrogens (tertiary/aromatic N) is 1. The third kappa shape index (κ3) is 3.67. The Morgan fingerprint density at radius 1 is 1.42 bits per heavy atom. The van der Waals surface area contributed by atoms with E-state index in [-0.39, 0.29) is 17.2 Å². The Balaban J connectivity index is 2.16. The third-order valence-electron chi connectivity index (χ3n) is 3.21. The topological polar surface area (TPSA) is 49.8 Å². The Bertz CT molecular complexity index is 444. The van der Waals surface area contributed by atoms with Gasteiger partial charge in [-0.25, -0.2) is 4.39 Å². The number of halogens is 1. The number of hydrogen-bond acceptors (Lipinski definition) is 3. The molecule has 1 N–H and O–H groups in total. The van der Waals surface area contributed by atoms with Crippen LogP contribution in [0.2, 0.25) is 0 Å². The molecule has 1 saturated heterocycles. The van der Waals surface area contributed by atoms with Crippen LogP contribution in [0.15, 0.2) is 18.2 Å². The number of aromatic hydroxyl groups is 1. The van der Waals surface area contributed by atoms with Crippen LogP contribution in [-0.2, 0) is 4.74 Å². The van der Waals surface area contributed by atoms with Crippen LogP contribution in [0.25, 0.3) is 0 Å². The van der Waals surface area contributed by atoms with Gasteiger partial charge in [-0.15, -0.1) is 0 Å². The number of carbonyl (C=O) groups excluding carboxylic acids is 1. The zero-order valence-corrected chi connectivity index (χ0v) is 10.9. The van der Waals surface area contributed by atoms with Crippen LogP contribution in [0.3, 0.4) is 0 Å². The molecule has 1 fully saturated rings. The second-order valence-corrected chi connectivity index (χ2v) is 4.96. The first-order chi connectivity index (χ1) is 9.06. The summed E-state index contributed by atoms with van der Waals surface area (Å²) >= 11 is 0. The number of ether oxygens (including phenoxy) is 1. The number of rotatable bonds is 1. The van der Waals surface area contributed by atoms with Gasteiger partial charge in [-0.2, -0.15) is 0 Å². The maximum Gasteiger partial charge on any atom is 0.254 e. The number of carbonyl (C=O) groups is 1. The third-order valence-corrected chi connectivity index (χ3v) is 3.21. The van der Waals surface area contributed by atoms with E-state index in [1.165, 1.54) is 6.07 Å². The molecule has 1 aromatic rings. The predicted molar refractivity (Wildman–Crippen MR) is 68.6 cm³/mol. The summed E-state index contributed by atoms with van der Waals surface area (Å²) in [6, 6.07) is 3.41. The summed E-state index contributed by atoms with van der Waals surface area (Å²) in [6.45, 7) is 4.36. The van der Waals surface area contributed by atoms with E-state index in [1.54, 1.807) is 4.90 Å². The van der Waals surface area contributed by atoms with Crippen molar-refractivity contribution < 1.29 is 19.0 Å². The lowest BCUT2D eigenvalue weighted by molar-refractivity contribution is 0.0465. The van der Waals surface area contributed by atoms with E-state index >= 15 is 0 Å². The maximum absolute atomic E-state index is 13.2. The molecule has 1 heterocycles. The second kappa shape index (κ2) is 6.02. The molecule has 1 atom stereocenters. The van der Waals surface area contributed by atoms with Crippen LogP contribution in [0, 0.1) is 11.7 Å². The standard InChI is InChI=1S/C14H18FNO3/c1-10-2-4-19-5-3-16(9-10)14(18)11-6-12(15)8-13(17)7-11/h6-8,10,17H,2-5,9H2,1H3. The summed E-state index contributed by atoms with van der Waals surface area (Å²) in [5, 5.41) is 9.36. The first-order valence-electron chi connectivity index (χ1n) is 6.43. The normalized spacial score (nSPS) is 20.7. The molecule has 0 radical (unpaired) electrons. The maximum atomic E-state index is 13.2. The van der Waals surface area contributed by atoms with Crippen LogP contribution in [0.1, 0.15) is 23.7 Å². The van der Waals surface area contributed by atoms with Gasteiger partial charge in [0.2, 0.25) is 0 Å². The Morgan fingerprint density at radius 2 is 2.21 bits per heavy atom. The largest absolute Gasteiger partial charge is 0.508 e. The molecule has 1 aliphatic heterocycles. The van der Waals surface area contributed by atoms with Gasteiger partial charge in [0.15, 0.2) is 0 Å². The Labute approximate surface area is 111 Å². The van der Waals surface area contributed by atoms with Crippen molar-refractivity contribution >= 4 is 5.91 Å². The van der Waals surface area contributed by atoms with Gasteiger partial charge in [0.1, 0.15) is 11.6 Å². The van der Waals surface area contributed by atoms with E-state index in [1.807, 2.05) is 0 Å². The molecule has 4 nitrogen and oxygen atoms in total. The molecular weight excluding hydrogens is 249 g/mol. The first-order valence-corrected chi connectivity index (χ1v) is 6.43. The quantitative estimate of drug-likeness (QED) is 0.847. The number of amides is 1. The highest BCUT2D eigenvalue weighted by Gasteiger charge is 2.20. The number of phenols is 1. The van der Waals surface area contributed by atoms with Gasteiger partial charge in [-0.3, -0.25) is 4.79 Å². The van der Waals surface area contributed by atoms with Crippen LogP contribution in [0.4, 0.5) is 4.39 Å². The molecule has 0 bridgehead atoms. The first kappa shape index (κ1) is 13.8. The van der Waals surface area contributed by atoms with Crippen LogP contribution in [-0.4, -0.2) is 42.2 Å². The molecule has 1 aromatic carbocycles. The van der Waals surface area contributed by atoms with Crippen LogP contribution >= 0.6 is 0 Å². The molecule has 5 heteroatoms. The van der Waals surface area contributed by atoms with Crippen molar-refractivity contribution in [1.82, 2.24) is 4.90 Å². The Morgan fingerprint density at radius 3 is 2.95 bits per heavy atom. The lowest BCUT2D eigenvalue weighted by Crippen LogP contribution is -2.39. The minimum absolute atomic E-state index is 0.172. The van der Waals surface area contributed by atoms with Gasteiger partial charge in [0.25, 0.3) is 5.91 Å². The van der Waals surface area contributed by atoms with E-state index in [2.05, 4.69) is 6.92 Å². The smallest absolute Gasteiger partial charge is 0.254 e. The summed E-state index contributed by atoms with van der Waals surface area (Å²) in [7, 11) is 0. The molecule has 19 heavy (non-hydrogen) atoms. The van der Waals surface area contributed by atoms with Crippen molar-refractivity contribution in [3.05, 3.63) is 29.6 Å². The van der Waals surface area contributed by atoms with Gasteiger partial charge in [-0.05, 0) is 24.5 Å². The highest BCUT2D eigenvalue weighted by molar-refractivity contribution is 5.94. The van der Waals surface area contributed by atoms with E-state index in [0.29, 0.717) is 32.2 Å². The zero-order chi connectivity index (χ0) is 13.8. The van der Waals surface area contributed by atoms with Gasteiger partial charge < -0.3 is 14.7 Å². The van der Waals surface area contributed by atoms with Crippen molar-refractivity contribution in [3.63, 3.8) is 0 Å². The SMILES string of the molecule is CC1CCOCCN(C(=O)c2cc(O)cc(F)c2)C1. The average molecular weight is 267 g/mol. The predicted octanol–water partition coefficient (Wildman–Crippen LogP) is 2.03. The van der Waals surface area contributed by atoms with E-state index in [4.69, 9.17) is 4.74 Å². The molecular formula is C14H18FNO3. The molecule has 0 aliphatic carbocycles. The summed E-state index contributed by atoms with van der Waals surface area (Å²) < 4.78 is 18.6. The van der Waals surface area contributed by atoms with Gasteiger partial charge in [0, 0.05) is 31.3 Å². The highest BCUT2D eigenvalue weighted by atomic mass is 19.1. The molecule has 1 amide bonds. The second-order valence-electron chi connectivity index (χ2n) is 4.96. The number of benzene rings is 1. The fourth-order valence-electron chi connectivity index (χ4n) is 2.18. The fourth-order valence-corrected chi connectivity index (χ4v) is 2.18. The zero-order valence-electron chi connectivity index (χ0n) is 10.9. The van der Waals surface area contributed by atoms with E-state index in [9.17, 15) is 14.3 Å². The Kier molecular flexibility index (Phi) is 4.37. The average Bonchev–Trinajstić information content (AvgIpc) is 2.31. The lowest BCUT2D eigenvalue weighted by Gasteiger charge is -2.28. The molecule has 104 valence electrons. The van der Waals surface area contributed by atoms with E-state index in [0.717, 1.165) is 18.6 Å². The van der Waals surface area contributed by atoms with Crippen LogP contribution < -0.4 is 0 Å². The number of hydrogen-bond donors (Lipinski definition) is 1. The summed E-state index contributed by atoms with van der Waals surface area (Å²) in [6.07, 6.45) is 0.901. The summed E-state index contributed by atoms with van der Waals surface area (Å²) in [4.78, 5) is 14.0. The van der Waals surface area contributed by atoms with Crippen molar-refractivity contribution in [2.24, 2.45) is 5.92 Å². The number of phenolic OH excluding ortho intramolecular Hbond substituents is 1. The van der Waals surface area contributed by atoms with E-state index < -0.39 is 5.82 Å². The minimum atomic E-state index is -0.611. The summed E-state index contributed by atoms with van der Waals surface area (Å²) in [5.41, 5.74) is 0.172. The lowest BCUT2D eigenvalue weighted by atomic mass is 10.1. The molecule has 0 saturated carbocycles. The van der Waals surface area contributed by atoms with Crippen molar-refractivity contribution in [2.75, 3.05) is 26.3 Å². The van der Waals surface area contributed by atoms with Gasteiger partial charge in [0.05, 0.1) is 6.61 Å². The molecule has 1 unspecified atom stereocenters. The monoisotopic (exact) mass is 267 g/mol. The molecule has 0 spiro atoms. The van der Waals surface area contributed by atoms with Crippen molar-refractivity contribution in [3.8, 4) is 5.75 Å². The van der Waals surface area contributed by atoms with Crippen molar-refractivity contribution in [1.29, 1.82) is 0 Å². The van der Waals surface area contributed by atoms with Gasteiger partial charge >= 0.3 is 0 Å². The highest BCUT2D eigenvalue weighted by Crippen LogP contribution is 2.18.